The fourth-order valence-corrected chi connectivity index (χ4v) is 3.69. The molecule has 1 aliphatic rings. The zero-order valence-corrected chi connectivity index (χ0v) is 15.5. The summed E-state index contributed by atoms with van der Waals surface area (Å²) in [7, 11) is 1.99. The molecule has 25 heavy (non-hydrogen) atoms. The first-order chi connectivity index (χ1) is 12.1. The highest BCUT2D eigenvalue weighted by molar-refractivity contribution is 5.79. The summed E-state index contributed by atoms with van der Waals surface area (Å²) in [6, 6.07) is 10.1. The van der Waals surface area contributed by atoms with E-state index in [0.717, 1.165) is 55.1 Å². The van der Waals surface area contributed by atoms with Gasteiger partial charge in [0, 0.05) is 24.3 Å². The largest absolute Gasteiger partial charge is 0.342 e. The minimum absolute atomic E-state index is 0.224. The topological polar surface area (TPSA) is 50.2 Å². The summed E-state index contributed by atoms with van der Waals surface area (Å²) in [5.41, 5.74) is 4.10. The number of rotatable bonds is 5. The first-order valence-electron chi connectivity index (χ1n) is 9.13. The Balaban J connectivity index is 1.69. The number of aryl methyl sites for hydroxylation is 1. The van der Waals surface area contributed by atoms with Crippen LogP contribution in [0.3, 0.4) is 0 Å². The van der Waals surface area contributed by atoms with Gasteiger partial charge in [-0.15, -0.1) is 0 Å². The second kappa shape index (κ2) is 7.83. The lowest BCUT2D eigenvalue weighted by molar-refractivity contribution is -0.131. The van der Waals surface area contributed by atoms with E-state index in [0.29, 0.717) is 12.3 Å². The molecular weight excluding hydrogens is 312 g/mol. The molecule has 134 valence electrons. The molecule has 0 atom stereocenters. The van der Waals surface area contributed by atoms with Crippen LogP contribution in [-0.2, 0) is 11.2 Å². The molecule has 0 saturated carbocycles. The number of nitrogens with zero attached hydrogens (tertiary/aromatic N) is 3. The molecule has 3 rings (SSSR count). The minimum Gasteiger partial charge on any atom is -0.342 e. The summed E-state index contributed by atoms with van der Waals surface area (Å²) in [5.74, 6) is 0.917. The van der Waals surface area contributed by atoms with Crippen LogP contribution in [0.2, 0.25) is 0 Å². The van der Waals surface area contributed by atoms with Crippen LogP contribution >= 0.6 is 0 Å². The van der Waals surface area contributed by atoms with Gasteiger partial charge in [-0.25, -0.2) is 4.68 Å². The van der Waals surface area contributed by atoms with Crippen molar-refractivity contribution < 1.29 is 4.79 Å². The number of para-hydroxylation sites is 1. The minimum atomic E-state index is 0.224. The molecule has 0 aliphatic carbocycles. The molecule has 0 radical (unpaired) electrons. The van der Waals surface area contributed by atoms with Crippen molar-refractivity contribution >= 4 is 5.91 Å². The fourth-order valence-electron chi connectivity index (χ4n) is 3.69. The van der Waals surface area contributed by atoms with Crippen molar-refractivity contribution in [3.63, 3.8) is 0 Å². The van der Waals surface area contributed by atoms with Crippen LogP contribution < -0.4 is 5.32 Å². The van der Waals surface area contributed by atoms with Crippen LogP contribution in [0.4, 0.5) is 0 Å². The highest BCUT2D eigenvalue weighted by Gasteiger charge is 2.24. The summed E-state index contributed by atoms with van der Waals surface area (Å²) in [6.45, 7) is 6.83. The summed E-state index contributed by atoms with van der Waals surface area (Å²) in [5, 5.41) is 7.89. The molecule has 1 saturated heterocycles. The number of piperidine rings is 1. The first kappa shape index (κ1) is 17.7. The Morgan fingerprint density at radius 2 is 1.88 bits per heavy atom. The van der Waals surface area contributed by atoms with E-state index >= 15 is 0 Å². The van der Waals surface area contributed by atoms with Gasteiger partial charge in [0.1, 0.15) is 0 Å². The van der Waals surface area contributed by atoms with Gasteiger partial charge in [-0.1, -0.05) is 18.2 Å². The maximum absolute atomic E-state index is 12.8. The zero-order valence-electron chi connectivity index (χ0n) is 15.5. The number of likely N-dealkylation sites (tertiary alicyclic amines) is 1. The Morgan fingerprint density at radius 1 is 1.20 bits per heavy atom. The lowest BCUT2D eigenvalue weighted by Gasteiger charge is -2.32. The Kier molecular flexibility index (Phi) is 5.53. The molecule has 0 unspecified atom stereocenters. The smallest absolute Gasteiger partial charge is 0.227 e. The highest BCUT2D eigenvalue weighted by atomic mass is 16.2. The monoisotopic (exact) mass is 340 g/mol. The van der Waals surface area contributed by atoms with Gasteiger partial charge in [0.2, 0.25) is 5.91 Å². The van der Waals surface area contributed by atoms with Crippen molar-refractivity contribution in [2.45, 2.75) is 33.1 Å². The molecular formula is C20H28N4O. The van der Waals surface area contributed by atoms with E-state index in [4.69, 9.17) is 0 Å². The van der Waals surface area contributed by atoms with E-state index in [1.165, 1.54) is 0 Å². The molecule has 5 nitrogen and oxygen atoms in total. The van der Waals surface area contributed by atoms with Gasteiger partial charge < -0.3 is 10.2 Å². The molecule has 1 amide bonds. The Morgan fingerprint density at radius 3 is 2.52 bits per heavy atom. The second-order valence-electron chi connectivity index (χ2n) is 6.96. The number of hydrogen-bond acceptors (Lipinski definition) is 3. The average Bonchev–Trinajstić information content (AvgIpc) is 2.91. The summed E-state index contributed by atoms with van der Waals surface area (Å²) in [6.07, 6.45) is 2.63. The lowest BCUT2D eigenvalue weighted by Crippen LogP contribution is -2.41. The van der Waals surface area contributed by atoms with Gasteiger partial charge in [0.05, 0.1) is 17.8 Å². The molecule has 0 spiro atoms. The lowest BCUT2D eigenvalue weighted by atomic mass is 9.96. The van der Waals surface area contributed by atoms with Crippen molar-refractivity contribution in [3.8, 4) is 5.69 Å². The third kappa shape index (κ3) is 3.93. The average molecular weight is 340 g/mol. The number of benzene rings is 1. The van der Waals surface area contributed by atoms with Crippen LogP contribution in [0.5, 0.6) is 0 Å². The molecule has 1 aromatic heterocycles. The second-order valence-corrected chi connectivity index (χ2v) is 6.96. The van der Waals surface area contributed by atoms with E-state index in [2.05, 4.69) is 17.3 Å². The molecule has 2 heterocycles. The van der Waals surface area contributed by atoms with Crippen LogP contribution in [0.1, 0.15) is 29.8 Å². The first-order valence-corrected chi connectivity index (χ1v) is 9.13. The molecule has 1 fully saturated rings. The number of amides is 1. The number of carbonyl (C=O) groups is 1. The van der Waals surface area contributed by atoms with Crippen molar-refractivity contribution in [1.29, 1.82) is 0 Å². The van der Waals surface area contributed by atoms with Crippen molar-refractivity contribution in [2.75, 3.05) is 26.7 Å². The Bertz CT molecular complexity index is 715. The molecule has 1 N–H and O–H groups in total. The van der Waals surface area contributed by atoms with Crippen molar-refractivity contribution in [1.82, 2.24) is 20.0 Å². The highest BCUT2D eigenvalue weighted by Crippen LogP contribution is 2.21. The summed E-state index contributed by atoms with van der Waals surface area (Å²) < 4.78 is 1.94. The Labute approximate surface area is 150 Å². The van der Waals surface area contributed by atoms with E-state index in [9.17, 15) is 4.79 Å². The molecule has 5 heteroatoms. The van der Waals surface area contributed by atoms with E-state index in [1.807, 2.05) is 53.9 Å². The molecule has 1 aromatic carbocycles. The third-order valence-electron chi connectivity index (χ3n) is 5.23. The maximum atomic E-state index is 12.8. The van der Waals surface area contributed by atoms with Crippen molar-refractivity contribution in [2.24, 2.45) is 5.92 Å². The predicted molar refractivity (Wildman–Crippen MR) is 100.0 cm³/mol. The maximum Gasteiger partial charge on any atom is 0.227 e. The Hall–Kier alpha value is -2.14. The quantitative estimate of drug-likeness (QED) is 0.910. The number of hydrogen-bond donors (Lipinski definition) is 1. The van der Waals surface area contributed by atoms with E-state index in [1.54, 1.807) is 0 Å². The van der Waals surface area contributed by atoms with Crippen LogP contribution in [-0.4, -0.2) is 47.3 Å². The van der Waals surface area contributed by atoms with Gasteiger partial charge in [0.15, 0.2) is 0 Å². The number of aromatic nitrogens is 2. The zero-order chi connectivity index (χ0) is 17.8. The molecule has 0 bridgehead atoms. The predicted octanol–water partition coefficient (Wildman–Crippen LogP) is 2.49. The fraction of sp³-hybridized carbons (Fsp3) is 0.500. The van der Waals surface area contributed by atoms with Gasteiger partial charge in [-0.3, -0.25) is 4.79 Å². The van der Waals surface area contributed by atoms with Gasteiger partial charge in [0.25, 0.3) is 0 Å². The summed E-state index contributed by atoms with van der Waals surface area (Å²) in [4.78, 5) is 14.8. The van der Waals surface area contributed by atoms with Gasteiger partial charge >= 0.3 is 0 Å². The van der Waals surface area contributed by atoms with Gasteiger partial charge in [-0.05, 0) is 58.3 Å². The van der Waals surface area contributed by atoms with Crippen LogP contribution in [0, 0.1) is 19.8 Å². The van der Waals surface area contributed by atoms with Crippen molar-refractivity contribution in [3.05, 3.63) is 47.3 Å². The molecule has 1 aliphatic heterocycles. The van der Waals surface area contributed by atoms with E-state index in [-0.39, 0.29) is 5.91 Å². The van der Waals surface area contributed by atoms with Crippen LogP contribution in [0.25, 0.3) is 5.69 Å². The van der Waals surface area contributed by atoms with Gasteiger partial charge in [-0.2, -0.15) is 5.10 Å². The standard InChI is InChI=1S/C20H28N4O/c1-15-19(16(2)24(22-15)18-7-5-4-6-8-18)13-20(25)23-11-9-17(10-12-23)14-21-3/h4-8,17,21H,9-14H2,1-3H3. The normalized spacial score (nSPS) is 15.6. The third-order valence-corrected chi connectivity index (χ3v) is 5.23. The van der Waals surface area contributed by atoms with Crippen LogP contribution in [0.15, 0.2) is 30.3 Å². The SMILES string of the molecule is CNCC1CCN(C(=O)Cc2c(C)nn(-c3ccccc3)c2C)CC1. The number of nitrogens with one attached hydrogen (secondary N) is 1. The van der Waals surface area contributed by atoms with E-state index < -0.39 is 0 Å². The number of carbonyl (C=O) groups excluding carboxylic acids is 1. The molecule has 2 aromatic rings. The summed E-state index contributed by atoms with van der Waals surface area (Å²) >= 11 is 0.